The Kier molecular flexibility index (Phi) is 5.01. The number of carbonyl (C=O) groups is 1. The Bertz CT molecular complexity index is 590. The van der Waals surface area contributed by atoms with Gasteiger partial charge in [-0.25, -0.2) is 13.6 Å². The lowest BCUT2D eigenvalue weighted by molar-refractivity contribution is 0.0263. The van der Waals surface area contributed by atoms with Gasteiger partial charge in [-0.1, -0.05) is 0 Å². The van der Waals surface area contributed by atoms with E-state index >= 15 is 0 Å². The Morgan fingerprint density at radius 2 is 1.83 bits per heavy atom. The van der Waals surface area contributed by atoms with Crippen molar-refractivity contribution >= 4 is 11.9 Å². The summed E-state index contributed by atoms with van der Waals surface area (Å²) in [5.74, 6) is -3.82. The summed E-state index contributed by atoms with van der Waals surface area (Å²) >= 11 is 0. The number of halogens is 3. The molecule has 2 heterocycles. The molecule has 23 heavy (non-hydrogen) atoms. The lowest BCUT2D eigenvalue weighted by atomic mass is 10.2. The van der Waals surface area contributed by atoms with Crippen LogP contribution in [0.15, 0.2) is 6.07 Å². The molecule has 1 aliphatic heterocycles. The van der Waals surface area contributed by atoms with Crippen LogP contribution in [-0.2, 0) is 4.74 Å². The van der Waals surface area contributed by atoms with E-state index in [4.69, 9.17) is 4.74 Å². The molecule has 0 unspecified atom stereocenters. The Balaban J connectivity index is 2.07. The third-order valence-corrected chi connectivity index (χ3v) is 3.32. The van der Waals surface area contributed by atoms with Gasteiger partial charge in [-0.15, -0.1) is 0 Å². The van der Waals surface area contributed by atoms with Crippen molar-refractivity contribution in [1.29, 1.82) is 0 Å². The van der Waals surface area contributed by atoms with Crippen molar-refractivity contribution in [3.05, 3.63) is 23.6 Å². The van der Waals surface area contributed by atoms with Gasteiger partial charge in [0.2, 0.25) is 0 Å². The van der Waals surface area contributed by atoms with Crippen LogP contribution in [0, 0.1) is 17.6 Å². The Morgan fingerprint density at radius 3 is 2.48 bits per heavy atom. The molecule has 0 bridgehead atoms. The van der Waals surface area contributed by atoms with Gasteiger partial charge in [-0.2, -0.15) is 9.37 Å². The van der Waals surface area contributed by atoms with Crippen LogP contribution in [0.1, 0.15) is 27.2 Å². The molecule has 0 atom stereocenters. The zero-order chi connectivity index (χ0) is 17.2. The summed E-state index contributed by atoms with van der Waals surface area (Å²) in [5.41, 5.74) is -0.600. The number of hydrogen-bond acceptors (Lipinski definition) is 4. The highest BCUT2D eigenvalue weighted by Crippen LogP contribution is 2.21. The molecule has 128 valence electrons. The average molecular weight is 331 g/mol. The summed E-state index contributed by atoms with van der Waals surface area (Å²) in [6.45, 7) is 6.69. The van der Waals surface area contributed by atoms with E-state index in [0.29, 0.717) is 25.6 Å². The first-order valence-electron chi connectivity index (χ1n) is 7.42. The molecule has 1 aliphatic rings. The molecule has 0 aromatic carbocycles. The summed E-state index contributed by atoms with van der Waals surface area (Å²) < 4.78 is 45.3. The van der Waals surface area contributed by atoms with Crippen LogP contribution >= 0.6 is 0 Å². The Hall–Kier alpha value is -1.99. The van der Waals surface area contributed by atoms with E-state index in [1.807, 2.05) is 0 Å². The normalized spacial score (nSPS) is 16.3. The number of carbonyl (C=O) groups excluding carboxylic acids is 1. The van der Waals surface area contributed by atoms with Gasteiger partial charge in [0.1, 0.15) is 5.60 Å². The minimum absolute atomic E-state index is 0.241. The van der Waals surface area contributed by atoms with Gasteiger partial charge in [0.25, 0.3) is 5.95 Å². The number of ether oxygens (including phenoxy) is 1. The van der Waals surface area contributed by atoms with Gasteiger partial charge in [-0.3, -0.25) is 0 Å². The monoisotopic (exact) mass is 331 g/mol. The number of pyridine rings is 1. The van der Waals surface area contributed by atoms with Crippen molar-refractivity contribution in [1.82, 2.24) is 9.88 Å². The van der Waals surface area contributed by atoms with E-state index in [2.05, 4.69) is 4.98 Å². The largest absolute Gasteiger partial charge is 0.444 e. The highest BCUT2D eigenvalue weighted by atomic mass is 19.2. The standard InChI is InChI=1S/C15H20F3N3O2/c1-15(2,3)23-14(22)21-6-4-5-20(7-8-21)13-11(17)9-10(16)12(18)19-13/h9H,4-8H2,1-3H3. The molecule has 1 aromatic heterocycles. The Morgan fingerprint density at radius 1 is 1.13 bits per heavy atom. The van der Waals surface area contributed by atoms with Crippen molar-refractivity contribution in [2.45, 2.75) is 32.8 Å². The first-order chi connectivity index (χ1) is 10.7. The number of amides is 1. The van der Waals surface area contributed by atoms with E-state index in [0.717, 1.165) is 0 Å². The van der Waals surface area contributed by atoms with Gasteiger partial charge >= 0.3 is 6.09 Å². The molecule has 2 rings (SSSR count). The van der Waals surface area contributed by atoms with Crippen LogP contribution in [0.25, 0.3) is 0 Å². The third-order valence-electron chi connectivity index (χ3n) is 3.32. The molecule has 5 nitrogen and oxygen atoms in total. The van der Waals surface area contributed by atoms with Crippen molar-refractivity contribution < 1.29 is 22.7 Å². The summed E-state index contributed by atoms with van der Waals surface area (Å²) in [4.78, 5) is 18.4. The molecule has 1 saturated heterocycles. The van der Waals surface area contributed by atoms with E-state index in [1.165, 1.54) is 9.80 Å². The predicted molar refractivity (Wildman–Crippen MR) is 78.7 cm³/mol. The smallest absolute Gasteiger partial charge is 0.410 e. The minimum atomic E-state index is -1.34. The van der Waals surface area contributed by atoms with E-state index in [-0.39, 0.29) is 18.9 Å². The first-order valence-corrected chi connectivity index (χ1v) is 7.42. The van der Waals surface area contributed by atoms with E-state index < -0.39 is 29.3 Å². The van der Waals surface area contributed by atoms with Crippen LogP contribution < -0.4 is 4.90 Å². The van der Waals surface area contributed by atoms with Gasteiger partial charge < -0.3 is 14.5 Å². The fraction of sp³-hybridized carbons (Fsp3) is 0.600. The highest BCUT2D eigenvalue weighted by molar-refractivity contribution is 5.68. The highest BCUT2D eigenvalue weighted by Gasteiger charge is 2.26. The van der Waals surface area contributed by atoms with Gasteiger partial charge in [0.05, 0.1) is 0 Å². The lowest BCUT2D eigenvalue weighted by Gasteiger charge is -2.26. The maximum Gasteiger partial charge on any atom is 0.410 e. The molecular formula is C15H20F3N3O2. The lowest BCUT2D eigenvalue weighted by Crippen LogP contribution is -2.39. The molecule has 1 aromatic rings. The topological polar surface area (TPSA) is 45.7 Å². The quantitative estimate of drug-likeness (QED) is 0.742. The second kappa shape index (κ2) is 6.64. The van der Waals surface area contributed by atoms with E-state index in [9.17, 15) is 18.0 Å². The van der Waals surface area contributed by atoms with Crippen LogP contribution in [0.3, 0.4) is 0 Å². The van der Waals surface area contributed by atoms with Crippen molar-refractivity contribution in [3.63, 3.8) is 0 Å². The maximum absolute atomic E-state index is 13.8. The van der Waals surface area contributed by atoms with Gasteiger partial charge in [-0.05, 0) is 27.2 Å². The Labute approximate surface area is 133 Å². The average Bonchev–Trinajstić information content (AvgIpc) is 2.67. The fourth-order valence-corrected chi connectivity index (χ4v) is 2.30. The summed E-state index contributed by atoms with van der Waals surface area (Å²) in [6.07, 6.45) is 0.0948. The number of aromatic nitrogens is 1. The zero-order valence-corrected chi connectivity index (χ0v) is 13.4. The van der Waals surface area contributed by atoms with Gasteiger partial charge in [0, 0.05) is 32.2 Å². The SMILES string of the molecule is CC(C)(C)OC(=O)N1CCCN(c2nc(F)c(F)cc2F)CC1. The third kappa shape index (κ3) is 4.49. The molecular weight excluding hydrogens is 311 g/mol. The first kappa shape index (κ1) is 17.4. The maximum atomic E-state index is 13.8. The molecule has 1 fully saturated rings. The molecule has 0 radical (unpaired) electrons. The predicted octanol–water partition coefficient (Wildman–Crippen LogP) is 2.95. The molecule has 8 heteroatoms. The van der Waals surface area contributed by atoms with Crippen LogP contribution in [-0.4, -0.2) is 47.8 Å². The van der Waals surface area contributed by atoms with Crippen molar-refractivity contribution in [2.75, 3.05) is 31.1 Å². The van der Waals surface area contributed by atoms with Crippen molar-refractivity contribution in [2.24, 2.45) is 0 Å². The molecule has 0 spiro atoms. The van der Waals surface area contributed by atoms with Crippen LogP contribution in [0.5, 0.6) is 0 Å². The number of rotatable bonds is 1. The summed E-state index contributed by atoms with van der Waals surface area (Å²) in [6, 6.07) is 0.480. The van der Waals surface area contributed by atoms with E-state index in [1.54, 1.807) is 20.8 Å². The van der Waals surface area contributed by atoms with Crippen LogP contribution in [0.4, 0.5) is 23.8 Å². The molecule has 0 saturated carbocycles. The molecule has 0 aliphatic carbocycles. The van der Waals surface area contributed by atoms with Crippen molar-refractivity contribution in [3.8, 4) is 0 Å². The second-order valence-corrected chi connectivity index (χ2v) is 6.37. The summed E-state index contributed by atoms with van der Waals surface area (Å²) in [7, 11) is 0. The second-order valence-electron chi connectivity index (χ2n) is 6.37. The van der Waals surface area contributed by atoms with Gasteiger partial charge in [0.15, 0.2) is 17.5 Å². The number of nitrogens with zero attached hydrogens (tertiary/aromatic N) is 3. The molecule has 0 N–H and O–H groups in total. The fourth-order valence-electron chi connectivity index (χ4n) is 2.30. The zero-order valence-electron chi connectivity index (χ0n) is 13.4. The number of hydrogen-bond donors (Lipinski definition) is 0. The molecule has 1 amide bonds. The minimum Gasteiger partial charge on any atom is -0.444 e. The summed E-state index contributed by atoms with van der Waals surface area (Å²) in [5, 5.41) is 0. The van der Waals surface area contributed by atoms with Crippen LogP contribution in [0.2, 0.25) is 0 Å². The number of anilines is 1.